The van der Waals surface area contributed by atoms with Crippen LogP contribution in [0.2, 0.25) is 0 Å². The van der Waals surface area contributed by atoms with Crippen LogP contribution in [0.5, 0.6) is 0 Å². The number of carbonyl (C=O) groups is 3. The average Bonchev–Trinajstić information content (AvgIpc) is 3.31. The molecule has 0 aromatic heterocycles. The van der Waals surface area contributed by atoms with Gasteiger partial charge in [0.2, 0.25) is 11.8 Å². The topological polar surface area (TPSA) is 98.7 Å². The van der Waals surface area contributed by atoms with E-state index in [0.717, 1.165) is 17.2 Å². The minimum absolute atomic E-state index is 0.0880. The third kappa shape index (κ3) is 4.64. The van der Waals surface area contributed by atoms with Crippen LogP contribution in [0.3, 0.4) is 0 Å². The molecule has 2 aliphatic heterocycles. The fourth-order valence-electron chi connectivity index (χ4n) is 4.25. The Morgan fingerprint density at radius 2 is 1.93 bits per heavy atom. The lowest BCUT2D eigenvalue weighted by Gasteiger charge is -2.42. The van der Waals surface area contributed by atoms with Crippen molar-refractivity contribution >= 4 is 29.5 Å². The first kappa shape index (κ1) is 22.6. The number of carboxylic acids is 1. The van der Waals surface area contributed by atoms with Crippen molar-refractivity contribution in [3.8, 4) is 0 Å². The van der Waals surface area contributed by atoms with Crippen molar-refractivity contribution in [3.63, 3.8) is 0 Å². The summed E-state index contributed by atoms with van der Waals surface area (Å²) in [5.41, 5.74) is 0.0364. The van der Waals surface area contributed by atoms with Crippen LogP contribution in [-0.4, -0.2) is 64.6 Å². The number of likely N-dealkylation sites (tertiary alicyclic amines) is 1. The van der Waals surface area contributed by atoms with Gasteiger partial charge in [-0.05, 0) is 24.3 Å². The number of piperidine rings is 1. The Labute approximate surface area is 182 Å². The highest BCUT2D eigenvalue weighted by Gasteiger charge is 2.45. The smallest absolute Gasteiger partial charge is 0.326 e. The quantitative estimate of drug-likeness (QED) is 0.607. The maximum atomic E-state index is 13.5. The van der Waals surface area contributed by atoms with Crippen LogP contribution in [0.4, 0.5) is 0 Å². The summed E-state index contributed by atoms with van der Waals surface area (Å²) in [5, 5.41) is 15.7. The molecule has 3 N–H and O–H groups in total. The molecule has 0 aliphatic carbocycles. The van der Waals surface area contributed by atoms with Crippen molar-refractivity contribution < 1.29 is 19.5 Å². The molecule has 164 valence electrons. The van der Waals surface area contributed by atoms with Gasteiger partial charge in [0.15, 0.2) is 0 Å². The van der Waals surface area contributed by atoms with Crippen molar-refractivity contribution in [1.82, 2.24) is 15.5 Å². The molecule has 2 heterocycles. The number of hydrogen-bond acceptors (Lipinski definition) is 5. The normalized spacial score (nSPS) is 22.9. The van der Waals surface area contributed by atoms with E-state index in [1.807, 2.05) is 49.1 Å². The van der Waals surface area contributed by atoms with Crippen molar-refractivity contribution in [3.05, 3.63) is 35.9 Å². The first-order chi connectivity index (χ1) is 14.4. The SMILES string of the molecule is CCC(C)C(NC(=O)C1(c2ccccc2)CCN(C(=O)C2CSCN2)CC1)C(=O)O. The summed E-state index contributed by atoms with van der Waals surface area (Å²) in [5.74, 6) is 0.195. The van der Waals surface area contributed by atoms with Gasteiger partial charge in [-0.3, -0.25) is 14.9 Å². The average molecular weight is 434 g/mol. The zero-order valence-corrected chi connectivity index (χ0v) is 18.4. The number of carboxylic acid groups (broad SMARTS) is 1. The number of thioether (sulfide) groups is 1. The largest absolute Gasteiger partial charge is 0.480 e. The van der Waals surface area contributed by atoms with E-state index in [-0.39, 0.29) is 23.8 Å². The molecular formula is C22H31N3O4S. The number of nitrogens with zero attached hydrogens (tertiary/aromatic N) is 1. The van der Waals surface area contributed by atoms with Crippen LogP contribution < -0.4 is 10.6 Å². The summed E-state index contributed by atoms with van der Waals surface area (Å²) in [7, 11) is 0. The fourth-order valence-corrected chi connectivity index (χ4v) is 5.18. The Hall–Kier alpha value is -2.06. The molecule has 1 aromatic rings. The number of rotatable bonds is 7. The molecule has 3 rings (SSSR count). The van der Waals surface area contributed by atoms with Crippen LogP contribution in [0.15, 0.2) is 30.3 Å². The van der Waals surface area contributed by atoms with Crippen molar-refractivity contribution in [2.24, 2.45) is 5.92 Å². The molecule has 0 spiro atoms. The number of amides is 2. The fraction of sp³-hybridized carbons (Fsp3) is 0.591. The zero-order valence-electron chi connectivity index (χ0n) is 17.6. The van der Waals surface area contributed by atoms with E-state index in [2.05, 4.69) is 10.6 Å². The van der Waals surface area contributed by atoms with Crippen LogP contribution in [0, 0.1) is 5.92 Å². The monoisotopic (exact) mass is 433 g/mol. The minimum Gasteiger partial charge on any atom is -0.480 e. The highest BCUT2D eigenvalue weighted by atomic mass is 32.2. The van der Waals surface area contributed by atoms with E-state index in [1.54, 1.807) is 11.8 Å². The van der Waals surface area contributed by atoms with Gasteiger partial charge in [-0.1, -0.05) is 50.6 Å². The van der Waals surface area contributed by atoms with Crippen molar-refractivity contribution in [2.75, 3.05) is 24.7 Å². The molecule has 0 bridgehead atoms. The highest BCUT2D eigenvalue weighted by molar-refractivity contribution is 7.99. The van der Waals surface area contributed by atoms with E-state index in [9.17, 15) is 19.5 Å². The summed E-state index contributed by atoms with van der Waals surface area (Å²) in [6.07, 6.45) is 1.60. The van der Waals surface area contributed by atoms with Crippen LogP contribution in [0.25, 0.3) is 0 Å². The van der Waals surface area contributed by atoms with E-state index >= 15 is 0 Å². The molecular weight excluding hydrogens is 402 g/mol. The maximum absolute atomic E-state index is 13.5. The van der Waals surface area contributed by atoms with Gasteiger partial charge in [0.05, 0.1) is 11.5 Å². The van der Waals surface area contributed by atoms with Gasteiger partial charge in [-0.15, -0.1) is 11.8 Å². The Bertz CT molecular complexity index is 759. The molecule has 2 saturated heterocycles. The molecule has 3 unspecified atom stereocenters. The van der Waals surface area contributed by atoms with Crippen LogP contribution in [-0.2, 0) is 19.8 Å². The van der Waals surface area contributed by atoms with Gasteiger partial charge in [-0.25, -0.2) is 4.79 Å². The molecule has 7 nitrogen and oxygen atoms in total. The molecule has 0 radical (unpaired) electrons. The maximum Gasteiger partial charge on any atom is 0.326 e. The lowest BCUT2D eigenvalue weighted by Crippen LogP contribution is -2.58. The highest BCUT2D eigenvalue weighted by Crippen LogP contribution is 2.36. The molecule has 2 amide bonds. The first-order valence-corrected chi connectivity index (χ1v) is 11.7. The molecule has 3 atom stereocenters. The Morgan fingerprint density at radius 3 is 2.47 bits per heavy atom. The van der Waals surface area contributed by atoms with Crippen LogP contribution in [0.1, 0.15) is 38.7 Å². The second kappa shape index (κ2) is 9.83. The molecule has 30 heavy (non-hydrogen) atoms. The summed E-state index contributed by atoms with van der Waals surface area (Å²) in [4.78, 5) is 39.9. The lowest BCUT2D eigenvalue weighted by molar-refractivity contribution is -0.145. The third-order valence-electron chi connectivity index (χ3n) is 6.47. The van der Waals surface area contributed by atoms with Crippen molar-refractivity contribution in [1.29, 1.82) is 0 Å². The summed E-state index contributed by atoms with van der Waals surface area (Å²) in [6.45, 7) is 4.71. The van der Waals surface area contributed by atoms with Gasteiger partial charge in [-0.2, -0.15) is 0 Å². The number of carbonyl (C=O) groups excluding carboxylic acids is 2. The van der Waals surface area contributed by atoms with E-state index in [1.165, 1.54) is 0 Å². The summed E-state index contributed by atoms with van der Waals surface area (Å²) < 4.78 is 0. The second-order valence-electron chi connectivity index (χ2n) is 8.22. The number of nitrogens with one attached hydrogen (secondary N) is 2. The van der Waals surface area contributed by atoms with Crippen molar-refractivity contribution in [2.45, 2.75) is 50.6 Å². The first-order valence-electron chi connectivity index (χ1n) is 10.6. The predicted octanol–water partition coefficient (Wildman–Crippen LogP) is 1.82. The Kier molecular flexibility index (Phi) is 7.41. The molecule has 2 fully saturated rings. The number of benzene rings is 1. The molecule has 2 aliphatic rings. The van der Waals surface area contributed by atoms with E-state index < -0.39 is 17.4 Å². The Morgan fingerprint density at radius 1 is 1.27 bits per heavy atom. The summed E-state index contributed by atoms with van der Waals surface area (Å²) >= 11 is 1.71. The predicted molar refractivity (Wildman–Crippen MR) is 117 cm³/mol. The minimum atomic E-state index is -1.02. The van der Waals surface area contributed by atoms with Gasteiger partial charge in [0.25, 0.3) is 0 Å². The lowest BCUT2D eigenvalue weighted by atomic mass is 9.71. The number of hydrogen-bond donors (Lipinski definition) is 3. The second-order valence-corrected chi connectivity index (χ2v) is 9.25. The van der Waals surface area contributed by atoms with Gasteiger partial charge >= 0.3 is 5.97 Å². The molecule has 1 aromatic carbocycles. The zero-order chi connectivity index (χ0) is 21.7. The Balaban J connectivity index is 1.80. The van der Waals surface area contributed by atoms with E-state index in [4.69, 9.17) is 0 Å². The van der Waals surface area contributed by atoms with Crippen LogP contribution >= 0.6 is 11.8 Å². The van der Waals surface area contributed by atoms with Gasteiger partial charge in [0, 0.05) is 24.7 Å². The van der Waals surface area contributed by atoms with Gasteiger partial charge in [0.1, 0.15) is 6.04 Å². The summed E-state index contributed by atoms with van der Waals surface area (Å²) in [6, 6.07) is 8.44. The molecule has 0 saturated carbocycles. The number of aliphatic carboxylic acids is 1. The third-order valence-corrected chi connectivity index (χ3v) is 7.41. The van der Waals surface area contributed by atoms with E-state index in [0.29, 0.717) is 32.4 Å². The van der Waals surface area contributed by atoms with Gasteiger partial charge < -0.3 is 15.3 Å². The standard InChI is InChI=1S/C22H31N3O4S/c1-3-15(2)18(20(27)28)24-21(29)22(16-7-5-4-6-8-16)9-11-25(12-10-22)19(26)17-13-30-14-23-17/h4-8,15,17-18,23H,3,9-14H2,1-2H3,(H,24,29)(H,27,28). The molecule has 8 heteroatoms.